The number of aromatic hydroxyl groups is 1. The van der Waals surface area contributed by atoms with Gasteiger partial charge < -0.3 is 20.9 Å². The van der Waals surface area contributed by atoms with Crippen LogP contribution in [0.25, 0.3) is 0 Å². The van der Waals surface area contributed by atoms with Gasteiger partial charge in [-0.2, -0.15) is 0 Å². The number of ether oxygens (including phenoxy) is 1. The van der Waals surface area contributed by atoms with Crippen LogP contribution in [0.3, 0.4) is 0 Å². The van der Waals surface area contributed by atoms with Crippen molar-refractivity contribution in [1.29, 1.82) is 0 Å². The first-order valence-electron chi connectivity index (χ1n) is 7.33. The molecule has 126 valence electrons. The molecular formula is C15H21N3O5. The Hall–Kier alpha value is -2.19. The summed E-state index contributed by atoms with van der Waals surface area (Å²) in [5.41, 5.74) is 4.19. The summed E-state index contributed by atoms with van der Waals surface area (Å²) in [7, 11) is 0. The summed E-state index contributed by atoms with van der Waals surface area (Å²) < 4.78 is 5.56. The lowest BCUT2D eigenvalue weighted by atomic mass is 9.54. The van der Waals surface area contributed by atoms with Crippen molar-refractivity contribution in [3.63, 3.8) is 0 Å². The van der Waals surface area contributed by atoms with Gasteiger partial charge in [0.05, 0.1) is 16.7 Å². The van der Waals surface area contributed by atoms with E-state index in [1.165, 1.54) is 0 Å². The number of amides is 1. The third-order valence-electron chi connectivity index (χ3n) is 4.67. The molecule has 0 spiro atoms. The lowest BCUT2D eigenvalue weighted by molar-refractivity contribution is -0.384. The Morgan fingerprint density at radius 1 is 1.57 bits per heavy atom. The predicted octanol–water partition coefficient (Wildman–Crippen LogP) is 1.77. The Morgan fingerprint density at radius 3 is 2.74 bits per heavy atom. The smallest absolute Gasteiger partial charge is 0.271 e. The number of carbonyl (C=O) groups is 1. The number of nitrogens with zero attached hydrogens (tertiary/aromatic N) is 1. The van der Waals surface area contributed by atoms with Crippen LogP contribution in [0.2, 0.25) is 0 Å². The molecule has 1 amide bonds. The summed E-state index contributed by atoms with van der Waals surface area (Å²) in [5.74, 6) is -0.764. The van der Waals surface area contributed by atoms with E-state index in [0.29, 0.717) is 13.0 Å². The number of anilines is 1. The number of carbonyl (C=O) groups excluding carboxylic acids is 1. The number of rotatable bonds is 5. The summed E-state index contributed by atoms with van der Waals surface area (Å²) in [6.45, 7) is 6.07. The highest BCUT2D eigenvalue weighted by Gasteiger charge is 2.62. The number of hydrogen-bond acceptors (Lipinski definition) is 6. The minimum atomic E-state index is -1.18. The van der Waals surface area contributed by atoms with Crippen LogP contribution in [-0.4, -0.2) is 34.2 Å². The van der Waals surface area contributed by atoms with E-state index < -0.39 is 21.8 Å². The fourth-order valence-corrected chi connectivity index (χ4v) is 2.79. The molecule has 1 saturated carbocycles. The number of nitro benzene ring substituents is 1. The average molecular weight is 323 g/mol. The van der Waals surface area contributed by atoms with Crippen LogP contribution in [0.15, 0.2) is 18.2 Å². The van der Waals surface area contributed by atoms with Gasteiger partial charge >= 0.3 is 0 Å². The molecule has 0 saturated heterocycles. The van der Waals surface area contributed by atoms with Gasteiger partial charge in [-0.1, -0.05) is 13.8 Å². The second kappa shape index (κ2) is 5.78. The number of non-ortho nitro benzene ring substituents is 1. The summed E-state index contributed by atoms with van der Waals surface area (Å²) in [5, 5.41) is 23.1. The average Bonchev–Trinajstić information content (AvgIpc) is 2.48. The summed E-state index contributed by atoms with van der Waals surface area (Å²) in [4.78, 5) is 22.7. The Kier molecular flexibility index (Phi) is 4.32. The first kappa shape index (κ1) is 17.2. The molecule has 2 unspecified atom stereocenters. The standard InChI is InChI=1S/C15H21N3O5/c1-4-23-12-8-15(16,14(12,2)3)13(20)17-10-7-9(18(21)22)5-6-11(10)19/h5-7,12,19H,4,8,16H2,1-3H3,(H,17,20). The second-order valence-electron chi connectivity index (χ2n) is 6.25. The molecular weight excluding hydrogens is 302 g/mol. The van der Waals surface area contributed by atoms with E-state index in [-0.39, 0.29) is 23.2 Å². The largest absolute Gasteiger partial charge is 0.506 e. The zero-order chi connectivity index (χ0) is 17.4. The SMILES string of the molecule is CCOC1CC(N)(C(=O)Nc2cc([N+](=O)[O-])ccc2O)C1(C)C. The van der Waals surface area contributed by atoms with Crippen molar-refractivity contribution in [3.8, 4) is 5.75 Å². The zero-order valence-corrected chi connectivity index (χ0v) is 13.3. The van der Waals surface area contributed by atoms with Crippen molar-refractivity contribution in [2.24, 2.45) is 11.1 Å². The van der Waals surface area contributed by atoms with Crippen molar-refractivity contribution in [1.82, 2.24) is 0 Å². The van der Waals surface area contributed by atoms with Gasteiger partial charge in [-0.05, 0) is 13.0 Å². The highest BCUT2D eigenvalue weighted by molar-refractivity contribution is 6.01. The van der Waals surface area contributed by atoms with Crippen molar-refractivity contribution in [3.05, 3.63) is 28.3 Å². The molecule has 8 heteroatoms. The summed E-state index contributed by atoms with van der Waals surface area (Å²) >= 11 is 0. The minimum Gasteiger partial charge on any atom is -0.506 e. The molecule has 0 aromatic heterocycles. The molecule has 8 nitrogen and oxygen atoms in total. The number of hydrogen-bond donors (Lipinski definition) is 3. The van der Waals surface area contributed by atoms with Gasteiger partial charge in [-0.3, -0.25) is 14.9 Å². The van der Waals surface area contributed by atoms with E-state index in [1.54, 1.807) is 0 Å². The molecule has 1 aromatic carbocycles. The van der Waals surface area contributed by atoms with Crippen molar-refractivity contribution in [2.45, 2.75) is 38.8 Å². The van der Waals surface area contributed by atoms with Gasteiger partial charge in [0.25, 0.3) is 5.69 Å². The Morgan fingerprint density at radius 2 is 2.22 bits per heavy atom. The van der Waals surface area contributed by atoms with Crippen LogP contribution < -0.4 is 11.1 Å². The van der Waals surface area contributed by atoms with Gasteiger partial charge in [-0.25, -0.2) is 0 Å². The molecule has 0 bridgehead atoms. The van der Waals surface area contributed by atoms with Crippen LogP contribution in [0, 0.1) is 15.5 Å². The van der Waals surface area contributed by atoms with Crippen LogP contribution >= 0.6 is 0 Å². The van der Waals surface area contributed by atoms with Crippen molar-refractivity contribution >= 4 is 17.3 Å². The van der Waals surface area contributed by atoms with Crippen LogP contribution in [0.1, 0.15) is 27.2 Å². The molecule has 2 atom stereocenters. The Balaban J connectivity index is 2.20. The maximum atomic E-state index is 12.5. The minimum absolute atomic E-state index is 0.0373. The highest BCUT2D eigenvalue weighted by atomic mass is 16.6. The quantitative estimate of drug-likeness (QED) is 0.430. The van der Waals surface area contributed by atoms with Crippen LogP contribution in [-0.2, 0) is 9.53 Å². The van der Waals surface area contributed by atoms with Gasteiger partial charge in [0.2, 0.25) is 5.91 Å². The molecule has 0 heterocycles. The molecule has 1 aliphatic rings. The molecule has 0 radical (unpaired) electrons. The van der Waals surface area contributed by atoms with Crippen molar-refractivity contribution < 1.29 is 19.6 Å². The topological polar surface area (TPSA) is 128 Å². The zero-order valence-electron chi connectivity index (χ0n) is 13.3. The molecule has 2 rings (SSSR count). The van der Waals surface area contributed by atoms with Gasteiger partial charge in [0.15, 0.2) is 0 Å². The molecule has 4 N–H and O–H groups in total. The lowest BCUT2D eigenvalue weighted by Crippen LogP contribution is -2.74. The Labute approximate surface area is 133 Å². The van der Waals surface area contributed by atoms with Gasteiger partial charge in [0.1, 0.15) is 11.3 Å². The normalized spacial score (nSPS) is 25.5. The van der Waals surface area contributed by atoms with E-state index in [9.17, 15) is 20.0 Å². The molecule has 23 heavy (non-hydrogen) atoms. The van der Waals surface area contributed by atoms with Crippen LogP contribution in [0.5, 0.6) is 5.75 Å². The van der Waals surface area contributed by atoms with E-state index in [4.69, 9.17) is 10.5 Å². The number of benzene rings is 1. The maximum Gasteiger partial charge on any atom is 0.271 e. The van der Waals surface area contributed by atoms with Crippen molar-refractivity contribution in [2.75, 3.05) is 11.9 Å². The Bertz CT molecular complexity index is 646. The fourth-order valence-electron chi connectivity index (χ4n) is 2.79. The number of phenolic OH excluding ortho intramolecular Hbond substituents is 1. The van der Waals surface area contributed by atoms with E-state index in [2.05, 4.69) is 5.32 Å². The summed E-state index contributed by atoms with van der Waals surface area (Å²) in [6.07, 6.45) is 0.206. The molecule has 1 aromatic rings. The van der Waals surface area contributed by atoms with E-state index in [1.807, 2.05) is 20.8 Å². The molecule has 1 fully saturated rings. The fraction of sp³-hybridized carbons (Fsp3) is 0.533. The summed E-state index contributed by atoms with van der Waals surface area (Å²) in [6, 6.07) is 3.41. The van der Waals surface area contributed by atoms with Crippen LogP contribution in [0.4, 0.5) is 11.4 Å². The monoisotopic (exact) mass is 323 g/mol. The van der Waals surface area contributed by atoms with Gasteiger partial charge in [0, 0.05) is 30.6 Å². The number of nitrogens with one attached hydrogen (secondary N) is 1. The highest BCUT2D eigenvalue weighted by Crippen LogP contribution is 2.50. The van der Waals surface area contributed by atoms with E-state index >= 15 is 0 Å². The predicted molar refractivity (Wildman–Crippen MR) is 84.1 cm³/mol. The third-order valence-corrected chi connectivity index (χ3v) is 4.67. The first-order chi connectivity index (χ1) is 10.6. The van der Waals surface area contributed by atoms with E-state index in [0.717, 1.165) is 18.2 Å². The first-order valence-corrected chi connectivity index (χ1v) is 7.33. The second-order valence-corrected chi connectivity index (χ2v) is 6.25. The molecule has 1 aliphatic carbocycles. The maximum absolute atomic E-state index is 12.5. The number of nitro groups is 1. The number of phenols is 1. The van der Waals surface area contributed by atoms with Gasteiger partial charge in [-0.15, -0.1) is 0 Å². The number of nitrogens with two attached hydrogens (primary N) is 1. The lowest BCUT2D eigenvalue weighted by Gasteiger charge is -2.57. The molecule has 0 aliphatic heterocycles. The third kappa shape index (κ3) is 2.75.